The van der Waals surface area contributed by atoms with Crippen LogP contribution in [0, 0.1) is 6.92 Å². The van der Waals surface area contributed by atoms with E-state index >= 15 is 0 Å². The number of aryl methyl sites for hydroxylation is 1. The van der Waals surface area contributed by atoms with Crippen molar-refractivity contribution in [1.29, 1.82) is 0 Å². The summed E-state index contributed by atoms with van der Waals surface area (Å²) in [5.74, 6) is 4.22. The number of nitrogens with two attached hydrogens (primary N) is 1. The number of alkyl halides is 3. The van der Waals surface area contributed by atoms with E-state index in [0.717, 1.165) is 0 Å². The fraction of sp³-hybridized carbons (Fsp3) is 0.300. The summed E-state index contributed by atoms with van der Waals surface area (Å²) in [4.78, 5) is 6.61. The first-order chi connectivity index (χ1) is 9.38. The Morgan fingerprint density at radius 2 is 1.95 bits per heavy atom. The molecule has 108 valence electrons. The Hall–Kier alpha value is -2.36. The second-order valence-electron chi connectivity index (χ2n) is 3.89. The van der Waals surface area contributed by atoms with Crippen LogP contribution >= 0.6 is 0 Å². The van der Waals surface area contributed by atoms with E-state index in [1.54, 1.807) is 13.0 Å². The summed E-state index contributed by atoms with van der Waals surface area (Å²) in [6.07, 6.45) is -4.66. The quantitative estimate of drug-likeness (QED) is 0.581. The molecule has 0 saturated heterocycles. The Morgan fingerprint density at radius 3 is 2.50 bits per heavy atom. The Labute approximate surface area is 111 Å². The molecule has 4 N–H and O–H groups in total. The minimum atomic E-state index is -4.66. The largest absolute Gasteiger partial charge is 0.451 e. The molecule has 0 bridgehead atoms. The van der Waals surface area contributed by atoms with Gasteiger partial charge in [-0.15, -0.1) is 0 Å². The number of anilines is 2. The summed E-state index contributed by atoms with van der Waals surface area (Å²) >= 11 is 0. The van der Waals surface area contributed by atoms with Crippen LogP contribution in [0.15, 0.2) is 16.7 Å². The summed E-state index contributed by atoms with van der Waals surface area (Å²) in [5, 5.41) is 6.39. The number of hydrazine groups is 1. The van der Waals surface area contributed by atoms with Gasteiger partial charge >= 0.3 is 6.18 Å². The molecule has 0 aliphatic carbocycles. The van der Waals surface area contributed by atoms with E-state index < -0.39 is 12.0 Å². The zero-order valence-corrected chi connectivity index (χ0v) is 10.3. The Balaban J connectivity index is 2.18. The fourth-order valence-electron chi connectivity index (χ4n) is 1.42. The van der Waals surface area contributed by atoms with Gasteiger partial charge in [0.25, 0.3) is 0 Å². The molecule has 0 radical (unpaired) electrons. The van der Waals surface area contributed by atoms with Gasteiger partial charge in [0.1, 0.15) is 23.1 Å². The number of halogens is 3. The highest BCUT2D eigenvalue weighted by Crippen LogP contribution is 2.28. The van der Waals surface area contributed by atoms with E-state index in [2.05, 4.69) is 25.9 Å². The molecule has 0 aromatic carbocycles. The number of rotatable bonds is 4. The number of nitrogen functional groups attached to an aromatic ring is 1. The lowest BCUT2D eigenvalue weighted by atomic mass is 10.3. The number of hydrogen-bond donors (Lipinski definition) is 3. The van der Waals surface area contributed by atoms with Crippen LogP contribution in [0.1, 0.15) is 17.3 Å². The van der Waals surface area contributed by atoms with Gasteiger partial charge in [-0.25, -0.2) is 15.8 Å². The van der Waals surface area contributed by atoms with Crippen molar-refractivity contribution in [3.05, 3.63) is 29.4 Å². The summed E-state index contributed by atoms with van der Waals surface area (Å²) in [7, 11) is 0. The molecule has 0 aliphatic rings. The van der Waals surface area contributed by atoms with Crippen LogP contribution in [0.2, 0.25) is 0 Å². The zero-order valence-electron chi connectivity index (χ0n) is 10.3. The second-order valence-corrected chi connectivity index (χ2v) is 3.89. The van der Waals surface area contributed by atoms with Gasteiger partial charge in [0.15, 0.2) is 0 Å². The highest BCUT2D eigenvalue weighted by molar-refractivity contribution is 5.47. The molecule has 0 amide bonds. The molecule has 20 heavy (non-hydrogen) atoms. The molecule has 2 aromatic rings. The monoisotopic (exact) mass is 288 g/mol. The van der Waals surface area contributed by atoms with Crippen LogP contribution < -0.4 is 16.6 Å². The van der Waals surface area contributed by atoms with Crippen molar-refractivity contribution < 1.29 is 17.7 Å². The average Bonchev–Trinajstić information content (AvgIpc) is 2.81. The Morgan fingerprint density at radius 1 is 1.25 bits per heavy atom. The predicted molar refractivity (Wildman–Crippen MR) is 63.4 cm³/mol. The van der Waals surface area contributed by atoms with E-state index in [4.69, 9.17) is 10.4 Å². The van der Waals surface area contributed by atoms with E-state index in [1.165, 1.54) is 6.07 Å². The molecule has 0 unspecified atom stereocenters. The molecule has 0 spiro atoms. The van der Waals surface area contributed by atoms with Crippen LogP contribution in [0.5, 0.6) is 0 Å². The molecule has 0 atom stereocenters. The molecule has 0 aliphatic heterocycles. The average molecular weight is 288 g/mol. The molecular formula is C10H11F3N6O. The second kappa shape index (κ2) is 5.33. The molecule has 7 nitrogen and oxygen atoms in total. The topological polar surface area (TPSA) is 102 Å². The van der Waals surface area contributed by atoms with Crippen molar-refractivity contribution in [2.75, 3.05) is 10.7 Å². The summed E-state index contributed by atoms with van der Waals surface area (Å²) in [6.45, 7) is 1.87. The van der Waals surface area contributed by atoms with E-state index in [1.807, 2.05) is 0 Å². The first kappa shape index (κ1) is 14.1. The molecule has 0 saturated carbocycles. The standard InChI is InChI=1S/C10H11F3N6O/c1-5-2-6(19-20-5)4-15-7-3-8(18-14)17-9(16-7)10(11,12)13/h2-3H,4,14H2,1H3,(H2,15,16,17,18). The van der Waals surface area contributed by atoms with Gasteiger partial charge in [0, 0.05) is 12.1 Å². The molecule has 2 rings (SSSR count). The fourth-order valence-corrected chi connectivity index (χ4v) is 1.42. The molecule has 0 fully saturated rings. The number of nitrogens with one attached hydrogen (secondary N) is 2. The minimum Gasteiger partial charge on any atom is -0.364 e. The summed E-state index contributed by atoms with van der Waals surface area (Å²) in [5.41, 5.74) is 2.60. The highest BCUT2D eigenvalue weighted by Gasteiger charge is 2.35. The van der Waals surface area contributed by atoms with Crippen molar-refractivity contribution >= 4 is 11.6 Å². The smallest absolute Gasteiger partial charge is 0.364 e. The van der Waals surface area contributed by atoms with Crippen molar-refractivity contribution in [1.82, 2.24) is 15.1 Å². The van der Waals surface area contributed by atoms with Gasteiger partial charge in [-0.2, -0.15) is 13.2 Å². The van der Waals surface area contributed by atoms with Gasteiger partial charge in [0.2, 0.25) is 5.82 Å². The Kier molecular flexibility index (Phi) is 3.74. The summed E-state index contributed by atoms with van der Waals surface area (Å²) in [6, 6.07) is 2.91. The van der Waals surface area contributed by atoms with Crippen LogP contribution in [-0.2, 0) is 12.7 Å². The SMILES string of the molecule is Cc1cc(CNc2cc(NN)nc(C(F)(F)F)n2)no1. The zero-order chi connectivity index (χ0) is 14.8. The van der Waals surface area contributed by atoms with Gasteiger partial charge in [-0.05, 0) is 6.92 Å². The number of nitrogens with zero attached hydrogens (tertiary/aromatic N) is 3. The Bertz CT molecular complexity index is 597. The predicted octanol–water partition coefficient (Wildman–Crippen LogP) is 1.69. The van der Waals surface area contributed by atoms with E-state index in [0.29, 0.717) is 11.5 Å². The third kappa shape index (κ3) is 3.35. The van der Waals surface area contributed by atoms with Crippen molar-refractivity contribution in [3.8, 4) is 0 Å². The third-order valence-electron chi connectivity index (χ3n) is 2.25. The maximum absolute atomic E-state index is 12.6. The van der Waals surface area contributed by atoms with Gasteiger partial charge in [0.05, 0.1) is 6.54 Å². The minimum absolute atomic E-state index is 0.0269. The maximum atomic E-state index is 12.6. The van der Waals surface area contributed by atoms with Gasteiger partial charge < -0.3 is 15.3 Å². The van der Waals surface area contributed by atoms with Crippen LogP contribution in [0.25, 0.3) is 0 Å². The molecule has 10 heteroatoms. The van der Waals surface area contributed by atoms with Gasteiger partial charge in [-0.1, -0.05) is 5.16 Å². The summed E-state index contributed by atoms with van der Waals surface area (Å²) < 4.78 is 42.6. The third-order valence-corrected chi connectivity index (χ3v) is 2.25. The van der Waals surface area contributed by atoms with E-state index in [-0.39, 0.29) is 18.2 Å². The van der Waals surface area contributed by atoms with Crippen LogP contribution in [0.3, 0.4) is 0 Å². The molecule has 2 aromatic heterocycles. The normalized spacial score (nSPS) is 11.4. The van der Waals surface area contributed by atoms with Crippen molar-refractivity contribution in [2.24, 2.45) is 5.84 Å². The first-order valence-electron chi connectivity index (χ1n) is 5.47. The highest BCUT2D eigenvalue weighted by atomic mass is 19.4. The number of aromatic nitrogens is 3. The van der Waals surface area contributed by atoms with Crippen LogP contribution in [0.4, 0.5) is 24.8 Å². The van der Waals surface area contributed by atoms with Crippen molar-refractivity contribution in [2.45, 2.75) is 19.6 Å². The first-order valence-corrected chi connectivity index (χ1v) is 5.47. The lowest BCUT2D eigenvalue weighted by molar-refractivity contribution is -0.144. The van der Waals surface area contributed by atoms with Crippen LogP contribution in [-0.4, -0.2) is 15.1 Å². The number of hydrogen-bond acceptors (Lipinski definition) is 7. The van der Waals surface area contributed by atoms with Crippen molar-refractivity contribution in [3.63, 3.8) is 0 Å². The van der Waals surface area contributed by atoms with E-state index in [9.17, 15) is 13.2 Å². The maximum Gasteiger partial charge on any atom is 0.451 e. The molecular weight excluding hydrogens is 277 g/mol. The van der Waals surface area contributed by atoms with Gasteiger partial charge in [-0.3, -0.25) is 0 Å². The lowest BCUT2D eigenvalue weighted by Gasteiger charge is -2.10. The molecule has 2 heterocycles. The lowest BCUT2D eigenvalue weighted by Crippen LogP contribution is -2.17.